The number of benzene rings is 1. The molecule has 116 valence electrons. The number of ether oxygens (including phenoxy) is 1. The Labute approximate surface area is 133 Å². The van der Waals surface area contributed by atoms with E-state index in [1.807, 2.05) is 0 Å². The van der Waals surface area contributed by atoms with Gasteiger partial charge in [-0.2, -0.15) is 4.98 Å². The van der Waals surface area contributed by atoms with Crippen LogP contribution in [-0.2, 0) is 6.42 Å². The van der Waals surface area contributed by atoms with Crippen molar-refractivity contribution in [3.63, 3.8) is 0 Å². The first-order valence-electron chi connectivity index (χ1n) is 7.86. The minimum Gasteiger partial charge on any atom is -0.464 e. The number of nitrogens with one attached hydrogen (secondary N) is 1. The Morgan fingerprint density at radius 3 is 3.13 bits per heavy atom. The molecule has 1 unspecified atom stereocenters. The molecule has 1 N–H and O–H groups in total. The average Bonchev–Trinajstić information content (AvgIpc) is 2.60. The zero-order valence-corrected chi connectivity index (χ0v) is 12.7. The third-order valence-corrected chi connectivity index (χ3v) is 4.40. The minimum absolute atomic E-state index is 0.198. The summed E-state index contributed by atoms with van der Waals surface area (Å²) in [7, 11) is 0. The van der Waals surface area contributed by atoms with E-state index in [4.69, 9.17) is 4.74 Å². The molecule has 1 aromatic carbocycles. The summed E-state index contributed by atoms with van der Waals surface area (Å²) in [5, 5.41) is 0.523. The van der Waals surface area contributed by atoms with Crippen molar-refractivity contribution < 1.29 is 4.74 Å². The van der Waals surface area contributed by atoms with Crippen molar-refractivity contribution in [3.8, 4) is 6.01 Å². The van der Waals surface area contributed by atoms with Crippen LogP contribution >= 0.6 is 0 Å². The van der Waals surface area contributed by atoms with Crippen molar-refractivity contribution >= 4 is 10.9 Å². The van der Waals surface area contributed by atoms with Crippen molar-refractivity contribution in [2.75, 3.05) is 6.61 Å². The second-order valence-corrected chi connectivity index (χ2v) is 5.86. The van der Waals surface area contributed by atoms with Gasteiger partial charge in [-0.05, 0) is 36.5 Å². The monoisotopic (exact) mass is 307 g/mol. The van der Waals surface area contributed by atoms with E-state index in [1.165, 1.54) is 11.1 Å². The zero-order chi connectivity index (χ0) is 15.6. The number of aryl methyl sites for hydroxylation is 1. The Morgan fingerprint density at radius 2 is 2.17 bits per heavy atom. The van der Waals surface area contributed by atoms with Gasteiger partial charge in [0.2, 0.25) is 0 Å². The molecule has 5 nitrogen and oxygen atoms in total. The Balaban J connectivity index is 1.57. The van der Waals surface area contributed by atoms with Gasteiger partial charge < -0.3 is 4.74 Å². The van der Waals surface area contributed by atoms with Crippen LogP contribution in [0.3, 0.4) is 0 Å². The van der Waals surface area contributed by atoms with Gasteiger partial charge in [0, 0.05) is 12.1 Å². The van der Waals surface area contributed by atoms with E-state index in [9.17, 15) is 4.79 Å². The van der Waals surface area contributed by atoms with Crippen LogP contribution in [0.25, 0.3) is 10.9 Å². The van der Waals surface area contributed by atoms with Crippen molar-refractivity contribution in [1.29, 1.82) is 0 Å². The first-order chi connectivity index (χ1) is 11.3. The van der Waals surface area contributed by atoms with Crippen molar-refractivity contribution in [1.82, 2.24) is 15.0 Å². The predicted molar refractivity (Wildman–Crippen MR) is 87.8 cm³/mol. The maximum absolute atomic E-state index is 12.0. The highest BCUT2D eigenvalue weighted by Crippen LogP contribution is 2.31. The molecule has 0 bridgehead atoms. The molecule has 1 aliphatic rings. The number of H-pyrrole nitrogens is 1. The molecule has 0 aliphatic heterocycles. The van der Waals surface area contributed by atoms with Crippen LogP contribution < -0.4 is 10.3 Å². The summed E-state index contributed by atoms with van der Waals surface area (Å²) in [4.78, 5) is 23.1. The van der Waals surface area contributed by atoms with E-state index in [2.05, 4.69) is 39.2 Å². The molecule has 23 heavy (non-hydrogen) atoms. The first kappa shape index (κ1) is 13.9. The van der Waals surface area contributed by atoms with E-state index < -0.39 is 0 Å². The second kappa shape index (κ2) is 5.83. The van der Waals surface area contributed by atoms with Gasteiger partial charge in [0.25, 0.3) is 11.6 Å². The quantitative estimate of drug-likeness (QED) is 0.808. The van der Waals surface area contributed by atoms with Crippen LogP contribution in [-0.4, -0.2) is 21.6 Å². The molecule has 1 aliphatic carbocycles. The molecule has 0 radical (unpaired) electrons. The molecule has 0 saturated carbocycles. The summed E-state index contributed by atoms with van der Waals surface area (Å²) in [5.74, 6) is 0.342. The van der Waals surface area contributed by atoms with Gasteiger partial charge in [-0.1, -0.05) is 24.3 Å². The molecule has 0 saturated heterocycles. The third-order valence-electron chi connectivity index (χ3n) is 4.40. The Bertz CT molecular complexity index is 904. The Hall–Kier alpha value is -2.69. The topological polar surface area (TPSA) is 67.9 Å². The van der Waals surface area contributed by atoms with E-state index in [1.54, 1.807) is 18.5 Å². The molecular weight excluding hydrogens is 290 g/mol. The fraction of sp³-hybridized carbons (Fsp3) is 0.278. The number of hydrogen-bond acceptors (Lipinski definition) is 4. The van der Waals surface area contributed by atoms with Crippen molar-refractivity contribution in [2.24, 2.45) is 0 Å². The standard InChI is InChI=1S/C18H17N3O2/c22-17-15-8-9-19-10-16(15)20-18(21-17)23-11-13-6-3-5-12-4-1-2-7-14(12)13/h1-2,4,7-10,13H,3,5-6,11H2,(H,20,21,22). The molecule has 4 rings (SSSR count). The van der Waals surface area contributed by atoms with Gasteiger partial charge >= 0.3 is 0 Å². The van der Waals surface area contributed by atoms with Crippen molar-refractivity contribution in [2.45, 2.75) is 25.2 Å². The van der Waals surface area contributed by atoms with Gasteiger partial charge in [-0.15, -0.1) is 0 Å². The summed E-state index contributed by atoms with van der Waals surface area (Å²) in [6.45, 7) is 0.520. The van der Waals surface area contributed by atoms with E-state index in [0.29, 0.717) is 23.4 Å². The number of hydrogen-bond donors (Lipinski definition) is 1. The molecule has 5 heteroatoms. The number of nitrogens with zero attached hydrogens (tertiary/aromatic N) is 2. The molecule has 2 heterocycles. The minimum atomic E-state index is -0.198. The second-order valence-electron chi connectivity index (χ2n) is 5.86. The van der Waals surface area contributed by atoms with Crippen LogP contribution in [0.4, 0.5) is 0 Å². The molecule has 1 atom stereocenters. The van der Waals surface area contributed by atoms with Gasteiger partial charge in [-0.3, -0.25) is 14.8 Å². The van der Waals surface area contributed by atoms with E-state index >= 15 is 0 Å². The lowest BCUT2D eigenvalue weighted by atomic mass is 9.83. The fourth-order valence-electron chi connectivity index (χ4n) is 3.24. The Morgan fingerprint density at radius 1 is 1.26 bits per heavy atom. The Kier molecular flexibility index (Phi) is 3.54. The van der Waals surface area contributed by atoms with E-state index in [0.717, 1.165) is 19.3 Å². The largest absolute Gasteiger partial charge is 0.464 e. The zero-order valence-electron chi connectivity index (χ0n) is 12.7. The molecular formula is C18H17N3O2. The highest BCUT2D eigenvalue weighted by molar-refractivity contribution is 5.76. The van der Waals surface area contributed by atoms with Crippen LogP contribution in [0, 0.1) is 0 Å². The number of aromatic amines is 1. The fourth-order valence-corrected chi connectivity index (χ4v) is 3.24. The first-order valence-corrected chi connectivity index (χ1v) is 7.86. The summed E-state index contributed by atoms with van der Waals surface area (Å²) in [6.07, 6.45) is 6.54. The SMILES string of the molecule is O=c1[nH]c(OCC2CCCc3ccccc32)nc2cnccc12. The lowest BCUT2D eigenvalue weighted by Crippen LogP contribution is -2.19. The number of rotatable bonds is 3. The maximum Gasteiger partial charge on any atom is 0.297 e. The average molecular weight is 307 g/mol. The summed E-state index contributed by atoms with van der Waals surface area (Å²) in [5.41, 5.74) is 3.10. The molecule has 0 spiro atoms. The molecule has 0 fully saturated rings. The highest BCUT2D eigenvalue weighted by Gasteiger charge is 2.20. The van der Waals surface area contributed by atoms with Gasteiger partial charge in [0.15, 0.2) is 0 Å². The summed E-state index contributed by atoms with van der Waals surface area (Å²) < 4.78 is 5.80. The van der Waals surface area contributed by atoms with Gasteiger partial charge in [0.05, 0.1) is 23.7 Å². The normalized spacial score (nSPS) is 17.0. The van der Waals surface area contributed by atoms with Gasteiger partial charge in [0.1, 0.15) is 0 Å². The van der Waals surface area contributed by atoms with Crippen LogP contribution in [0.15, 0.2) is 47.5 Å². The highest BCUT2D eigenvalue weighted by atomic mass is 16.5. The summed E-state index contributed by atoms with van der Waals surface area (Å²) in [6, 6.07) is 10.4. The smallest absolute Gasteiger partial charge is 0.297 e. The van der Waals surface area contributed by atoms with Gasteiger partial charge in [-0.25, -0.2) is 0 Å². The summed E-state index contributed by atoms with van der Waals surface area (Å²) >= 11 is 0. The number of pyridine rings is 1. The molecule has 3 aromatic rings. The lowest BCUT2D eigenvalue weighted by molar-refractivity contribution is 0.255. The predicted octanol–water partition coefficient (Wildman–Crippen LogP) is 2.82. The van der Waals surface area contributed by atoms with Crippen LogP contribution in [0.1, 0.15) is 29.9 Å². The van der Waals surface area contributed by atoms with Crippen LogP contribution in [0.2, 0.25) is 0 Å². The molecule has 2 aromatic heterocycles. The number of aromatic nitrogens is 3. The van der Waals surface area contributed by atoms with Crippen molar-refractivity contribution in [3.05, 3.63) is 64.2 Å². The lowest BCUT2D eigenvalue weighted by Gasteiger charge is -2.25. The maximum atomic E-state index is 12.0. The third kappa shape index (κ3) is 2.70. The number of fused-ring (bicyclic) bond motifs is 2. The van der Waals surface area contributed by atoms with E-state index in [-0.39, 0.29) is 11.6 Å². The van der Waals surface area contributed by atoms with Crippen LogP contribution in [0.5, 0.6) is 6.01 Å². The molecule has 0 amide bonds.